The normalized spacial score (nSPS) is 10.9. The fourth-order valence-electron chi connectivity index (χ4n) is 3.08. The van der Waals surface area contributed by atoms with Crippen molar-refractivity contribution >= 4 is 33.1 Å². The van der Waals surface area contributed by atoms with Crippen LogP contribution in [-0.2, 0) is 6.42 Å². The summed E-state index contributed by atoms with van der Waals surface area (Å²) in [6, 6.07) is 21.8. The quantitative estimate of drug-likeness (QED) is 0.471. The number of nitrogens with one attached hydrogen (secondary N) is 1. The highest BCUT2D eigenvalue weighted by Crippen LogP contribution is 2.34. The maximum Gasteiger partial charge on any atom is 0.255 e. The van der Waals surface area contributed by atoms with Crippen LogP contribution in [-0.4, -0.2) is 10.9 Å². The molecule has 4 heteroatoms. The highest BCUT2D eigenvalue weighted by atomic mass is 32.1. The molecule has 0 spiro atoms. The monoisotopic (exact) mass is 372 g/mol. The lowest BCUT2D eigenvalue weighted by Crippen LogP contribution is -2.13. The first kappa shape index (κ1) is 17.4. The Hall–Kier alpha value is -2.98. The van der Waals surface area contributed by atoms with Crippen molar-refractivity contribution < 1.29 is 4.79 Å². The van der Waals surface area contributed by atoms with E-state index in [1.165, 1.54) is 5.56 Å². The van der Waals surface area contributed by atoms with Crippen molar-refractivity contribution in [2.24, 2.45) is 0 Å². The Kier molecular flexibility index (Phi) is 4.73. The van der Waals surface area contributed by atoms with Crippen LogP contribution in [0.15, 0.2) is 66.7 Å². The Morgan fingerprint density at radius 2 is 1.78 bits per heavy atom. The smallest absolute Gasteiger partial charge is 0.255 e. The van der Waals surface area contributed by atoms with E-state index < -0.39 is 0 Å². The predicted octanol–water partition coefficient (Wildman–Crippen LogP) is 6.09. The molecule has 0 radical (unpaired) electrons. The van der Waals surface area contributed by atoms with Crippen LogP contribution in [0.5, 0.6) is 0 Å². The highest BCUT2D eigenvalue weighted by molar-refractivity contribution is 7.21. The molecule has 4 rings (SSSR count). The van der Waals surface area contributed by atoms with Crippen LogP contribution in [0.4, 0.5) is 5.69 Å². The largest absolute Gasteiger partial charge is 0.322 e. The van der Waals surface area contributed by atoms with Gasteiger partial charge in [0.25, 0.3) is 5.91 Å². The molecule has 1 N–H and O–H groups in total. The van der Waals surface area contributed by atoms with E-state index in [9.17, 15) is 4.79 Å². The second-order valence-corrected chi connectivity index (χ2v) is 7.50. The van der Waals surface area contributed by atoms with Crippen molar-refractivity contribution in [3.05, 3.63) is 83.4 Å². The van der Waals surface area contributed by atoms with Crippen molar-refractivity contribution in [1.82, 2.24) is 4.98 Å². The summed E-state index contributed by atoms with van der Waals surface area (Å²) in [5.41, 5.74) is 5.78. The fourth-order valence-corrected chi connectivity index (χ4v) is 4.12. The first-order chi connectivity index (χ1) is 13.2. The summed E-state index contributed by atoms with van der Waals surface area (Å²) in [5.74, 6) is -0.0952. The molecule has 27 heavy (non-hydrogen) atoms. The van der Waals surface area contributed by atoms with E-state index in [2.05, 4.69) is 24.4 Å². The Morgan fingerprint density at radius 3 is 2.52 bits per heavy atom. The average Bonchev–Trinajstić information content (AvgIpc) is 3.13. The summed E-state index contributed by atoms with van der Waals surface area (Å²) in [4.78, 5) is 17.4. The summed E-state index contributed by atoms with van der Waals surface area (Å²) in [6.07, 6.45) is 0.964. The molecule has 0 saturated carbocycles. The van der Waals surface area contributed by atoms with Gasteiger partial charge in [-0.1, -0.05) is 43.3 Å². The summed E-state index contributed by atoms with van der Waals surface area (Å²) >= 11 is 1.67. The number of carbonyl (C=O) groups excluding carboxylic acids is 1. The zero-order chi connectivity index (χ0) is 18.8. The average molecular weight is 372 g/mol. The van der Waals surface area contributed by atoms with E-state index in [0.29, 0.717) is 5.56 Å². The molecule has 1 heterocycles. The molecular weight excluding hydrogens is 352 g/mol. The Labute approximate surface area is 162 Å². The van der Waals surface area contributed by atoms with Gasteiger partial charge in [0.2, 0.25) is 0 Å². The van der Waals surface area contributed by atoms with Gasteiger partial charge in [0.05, 0.1) is 10.2 Å². The first-order valence-corrected chi connectivity index (χ1v) is 9.83. The second-order valence-electron chi connectivity index (χ2n) is 6.47. The number of amides is 1. The topological polar surface area (TPSA) is 42.0 Å². The summed E-state index contributed by atoms with van der Waals surface area (Å²) in [5, 5.41) is 4.02. The number of benzene rings is 3. The molecule has 0 aliphatic heterocycles. The lowest BCUT2D eigenvalue weighted by Gasteiger charge is -2.11. The lowest BCUT2D eigenvalue weighted by atomic mass is 10.1. The highest BCUT2D eigenvalue weighted by Gasteiger charge is 2.13. The molecule has 0 unspecified atom stereocenters. The van der Waals surface area contributed by atoms with E-state index in [1.54, 1.807) is 11.3 Å². The van der Waals surface area contributed by atoms with Gasteiger partial charge in [-0.25, -0.2) is 4.98 Å². The Bertz CT molecular complexity index is 1080. The number of anilines is 1. The third-order valence-electron chi connectivity index (χ3n) is 4.73. The number of fused-ring (bicyclic) bond motifs is 1. The molecule has 4 aromatic rings. The summed E-state index contributed by atoms with van der Waals surface area (Å²) in [7, 11) is 0. The third kappa shape index (κ3) is 3.49. The lowest BCUT2D eigenvalue weighted by molar-refractivity contribution is 0.102. The predicted molar refractivity (Wildman–Crippen MR) is 114 cm³/mol. The van der Waals surface area contributed by atoms with Crippen molar-refractivity contribution in [1.29, 1.82) is 0 Å². The first-order valence-electron chi connectivity index (χ1n) is 9.01. The van der Waals surface area contributed by atoms with Gasteiger partial charge in [-0.2, -0.15) is 0 Å². The molecule has 1 aromatic heterocycles. The number of thiazole rings is 1. The van der Waals surface area contributed by atoms with Gasteiger partial charge in [0.1, 0.15) is 5.01 Å². The molecule has 0 atom stereocenters. The molecule has 3 aromatic carbocycles. The number of hydrogen-bond acceptors (Lipinski definition) is 3. The number of aromatic nitrogens is 1. The van der Waals surface area contributed by atoms with E-state index in [-0.39, 0.29) is 5.91 Å². The van der Waals surface area contributed by atoms with Gasteiger partial charge in [0, 0.05) is 16.8 Å². The molecule has 1 amide bonds. The fraction of sp³-hybridized carbons (Fsp3) is 0.130. The van der Waals surface area contributed by atoms with Crippen LogP contribution in [0.2, 0.25) is 0 Å². The van der Waals surface area contributed by atoms with Crippen molar-refractivity contribution in [2.75, 3.05) is 5.32 Å². The summed E-state index contributed by atoms with van der Waals surface area (Å²) < 4.78 is 1.16. The molecule has 3 nitrogen and oxygen atoms in total. The maximum atomic E-state index is 12.6. The molecular formula is C23H20N2OS. The Balaban J connectivity index is 1.64. The van der Waals surface area contributed by atoms with E-state index in [1.807, 2.05) is 61.5 Å². The van der Waals surface area contributed by atoms with E-state index >= 15 is 0 Å². The van der Waals surface area contributed by atoms with Gasteiger partial charge >= 0.3 is 0 Å². The van der Waals surface area contributed by atoms with Gasteiger partial charge in [-0.05, 0) is 54.8 Å². The summed E-state index contributed by atoms with van der Waals surface area (Å²) in [6.45, 7) is 4.13. The number of aryl methyl sites for hydroxylation is 1. The van der Waals surface area contributed by atoms with Crippen molar-refractivity contribution in [3.8, 4) is 10.6 Å². The number of para-hydroxylation sites is 1. The number of hydrogen-bond donors (Lipinski definition) is 1. The van der Waals surface area contributed by atoms with E-state index in [4.69, 9.17) is 4.98 Å². The molecule has 0 aliphatic rings. The minimum absolute atomic E-state index is 0.0952. The van der Waals surface area contributed by atoms with Gasteiger partial charge in [0.15, 0.2) is 0 Å². The molecule has 134 valence electrons. The van der Waals surface area contributed by atoms with Gasteiger partial charge in [-0.3, -0.25) is 4.79 Å². The van der Waals surface area contributed by atoms with Gasteiger partial charge in [-0.15, -0.1) is 11.3 Å². The SMILES string of the molecule is CCc1ccc(C(=O)Nc2cccc(-c3nc4ccccc4s3)c2C)cc1. The number of rotatable bonds is 4. The molecule has 0 bridgehead atoms. The molecule has 0 aliphatic carbocycles. The zero-order valence-electron chi connectivity index (χ0n) is 15.3. The Morgan fingerprint density at radius 1 is 1.00 bits per heavy atom. The minimum atomic E-state index is -0.0952. The van der Waals surface area contributed by atoms with Gasteiger partial charge < -0.3 is 5.32 Å². The third-order valence-corrected chi connectivity index (χ3v) is 5.80. The van der Waals surface area contributed by atoms with Crippen molar-refractivity contribution in [2.45, 2.75) is 20.3 Å². The van der Waals surface area contributed by atoms with Crippen LogP contribution < -0.4 is 5.32 Å². The van der Waals surface area contributed by atoms with Crippen LogP contribution in [0.3, 0.4) is 0 Å². The standard InChI is InChI=1S/C23H20N2OS/c1-3-16-11-13-17(14-12-16)22(26)24-19-9-6-7-18(15(19)2)23-25-20-8-4-5-10-21(20)27-23/h4-14H,3H2,1-2H3,(H,24,26). The number of nitrogens with zero attached hydrogens (tertiary/aromatic N) is 1. The van der Waals surface area contributed by atoms with Crippen LogP contribution in [0, 0.1) is 6.92 Å². The zero-order valence-corrected chi connectivity index (χ0v) is 16.1. The van der Waals surface area contributed by atoms with Crippen LogP contribution in [0.1, 0.15) is 28.4 Å². The van der Waals surface area contributed by atoms with Crippen LogP contribution >= 0.6 is 11.3 Å². The van der Waals surface area contributed by atoms with E-state index in [0.717, 1.165) is 38.5 Å². The minimum Gasteiger partial charge on any atom is -0.322 e. The molecule has 0 fully saturated rings. The van der Waals surface area contributed by atoms with Crippen LogP contribution in [0.25, 0.3) is 20.8 Å². The van der Waals surface area contributed by atoms with Crippen molar-refractivity contribution in [3.63, 3.8) is 0 Å². The second kappa shape index (κ2) is 7.33. The number of carbonyl (C=O) groups is 1. The molecule has 0 saturated heterocycles. The maximum absolute atomic E-state index is 12.6.